The molecular formula is C26H22N4O4S. The monoisotopic (exact) mass is 486 g/mol. The number of nitrogens with zero attached hydrogens (tertiary/aromatic N) is 4. The van der Waals surface area contributed by atoms with Gasteiger partial charge in [-0.2, -0.15) is 5.26 Å². The van der Waals surface area contributed by atoms with Gasteiger partial charge in [-0.25, -0.2) is 19.7 Å². The highest BCUT2D eigenvalue weighted by atomic mass is 32.1. The fraction of sp³-hybridized carbons (Fsp3) is 0.192. The summed E-state index contributed by atoms with van der Waals surface area (Å²) in [6.45, 7) is 1.59. The minimum absolute atomic E-state index is 0.206. The zero-order valence-corrected chi connectivity index (χ0v) is 19.8. The van der Waals surface area contributed by atoms with Crippen LogP contribution in [-0.2, 0) is 22.4 Å². The molecule has 8 nitrogen and oxygen atoms in total. The number of hydrogen-bond acceptors (Lipinski definition) is 8. The molecular weight excluding hydrogens is 464 g/mol. The normalized spacial score (nSPS) is 10.5. The first-order valence-corrected chi connectivity index (χ1v) is 11.8. The molecule has 35 heavy (non-hydrogen) atoms. The molecule has 0 aliphatic heterocycles. The number of ether oxygens (including phenoxy) is 2. The van der Waals surface area contributed by atoms with E-state index in [1.807, 2.05) is 30.3 Å². The van der Waals surface area contributed by atoms with Crippen LogP contribution in [0.4, 0.5) is 10.6 Å². The third-order valence-electron chi connectivity index (χ3n) is 5.06. The summed E-state index contributed by atoms with van der Waals surface area (Å²) in [7, 11) is 0. The van der Waals surface area contributed by atoms with Crippen molar-refractivity contribution in [2.24, 2.45) is 0 Å². The Morgan fingerprint density at radius 1 is 1.09 bits per heavy atom. The Hall–Kier alpha value is -4.29. The highest BCUT2D eigenvalue weighted by Crippen LogP contribution is 2.27. The van der Waals surface area contributed by atoms with Gasteiger partial charge in [0, 0.05) is 18.7 Å². The van der Waals surface area contributed by atoms with E-state index in [4.69, 9.17) is 14.7 Å². The molecule has 0 saturated heterocycles. The van der Waals surface area contributed by atoms with Gasteiger partial charge in [0.2, 0.25) is 0 Å². The third-order valence-corrected chi connectivity index (χ3v) is 6.15. The molecule has 2 heterocycles. The largest absolute Gasteiger partial charge is 0.465 e. The van der Waals surface area contributed by atoms with E-state index in [-0.39, 0.29) is 19.0 Å². The Morgan fingerprint density at radius 3 is 2.63 bits per heavy atom. The number of pyridine rings is 1. The lowest BCUT2D eigenvalue weighted by Crippen LogP contribution is -2.39. The van der Waals surface area contributed by atoms with E-state index in [0.29, 0.717) is 11.3 Å². The minimum atomic E-state index is -0.743. The molecule has 4 rings (SSSR count). The van der Waals surface area contributed by atoms with Crippen LogP contribution in [-0.4, -0.2) is 35.2 Å². The second-order valence-corrected chi connectivity index (χ2v) is 8.61. The zero-order valence-electron chi connectivity index (χ0n) is 19.0. The van der Waals surface area contributed by atoms with E-state index in [2.05, 4.69) is 16.0 Å². The van der Waals surface area contributed by atoms with Crippen LogP contribution in [0.25, 0.3) is 10.2 Å². The molecule has 0 aliphatic carbocycles. The highest BCUT2D eigenvalue weighted by molar-refractivity contribution is 7.18. The second kappa shape index (κ2) is 11.2. The van der Waals surface area contributed by atoms with Gasteiger partial charge < -0.3 is 9.47 Å². The Labute approximate surface area is 206 Å². The van der Waals surface area contributed by atoms with Crippen LogP contribution in [0, 0.1) is 11.3 Å². The fourth-order valence-electron chi connectivity index (χ4n) is 3.37. The van der Waals surface area contributed by atoms with E-state index < -0.39 is 12.1 Å². The number of carbonyl (C=O) groups is 2. The quantitative estimate of drug-likeness (QED) is 0.326. The molecule has 1 amide bonds. The number of aryl methyl sites for hydroxylation is 2. The summed E-state index contributed by atoms with van der Waals surface area (Å²) >= 11 is 1.58. The zero-order chi connectivity index (χ0) is 24.6. The van der Waals surface area contributed by atoms with Crippen LogP contribution in [0.15, 0.2) is 66.9 Å². The molecule has 0 unspecified atom stereocenters. The molecule has 0 fully saturated rings. The maximum absolute atomic E-state index is 12.9. The molecule has 176 valence electrons. The molecule has 4 aromatic rings. The summed E-state index contributed by atoms with van der Waals surface area (Å²) < 4.78 is 11.5. The van der Waals surface area contributed by atoms with E-state index in [1.165, 1.54) is 6.20 Å². The van der Waals surface area contributed by atoms with Gasteiger partial charge in [-0.05, 0) is 55.3 Å². The Morgan fingerprint density at radius 2 is 1.91 bits per heavy atom. The molecule has 0 spiro atoms. The fourth-order valence-corrected chi connectivity index (χ4v) is 4.31. The van der Waals surface area contributed by atoms with Crippen LogP contribution in [0.2, 0.25) is 0 Å². The van der Waals surface area contributed by atoms with Crippen LogP contribution in [0.1, 0.15) is 23.1 Å². The molecule has 2 aromatic carbocycles. The number of esters is 1. The molecule has 2 aromatic heterocycles. The average Bonchev–Trinajstić information content (AvgIpc) is 3.29. The highest BCUT2D eigenvalue weighted by Gasteiger charge is 2.23. The van der Waals surface area contributed by atoms with Crippen molar-refractivity contribution in [3.8, 4) is 11.8 Å². The number of amides is 1. The van der Waals surface area contributed by atoms with Crippen molar-refractivity contribution in [2.75, 3.05) is 18.1 Å². The van der Waals surface area contributed by atoms with Gasteiger partial charge in [-0.15, -0.1) is 11.3 Å². The van der Waals surface area contributed by atoms with Crippen molar-refractivity contribution in [1.82, 2.24) is 9.97 Å². The second-order valence-electron chi connectivity index (χ2n) is 7.49. The van der Waals surface area contributed by atoms with Gasteiger partial charge in [0.25, 0.3) is 0 Å². The van der Waals surface area contributed by atoms with Crippen molar-refractivity contribution in [1.29, 1.82) is 5.26 Å². The van der Waals surface area contributed by atoms with E-state index in [9.17, 15) is 9.59 Å². The number of benzene rings is 2. The lowest BCUT2D eigenvalue weighted by atomic mass is 10.1. The van der Waals surface area contributed by atoms with E-state index >= 15 is 0 Å². The number of aromatic nitrogens is 2. The predicted molar refractivity (Wildman–Crippen MR) is 132 cm³/mol. The van der Waals surface area contributed by atoms with Crippen molar-refractivity contribution in [3.63, 3.8) is 0 Å². The molecule has 0 radical (unpaired) electrons. The standard InChI is InChI=1S/C26H22N4O4S/c1-2-33-25(31)17-30(23-5-3-4-14-28-23)26(32)34-20-11-12-22-21(15-20)29-24(35-22)13-10-18-6-8-19(16-27)9-7-18/h3-9,11-12,14-15H,2,10,13,17H2,1H3. The smallest absolute Gasteiger partial charge is 0.421 e. The summed E-state index contributed by atoms with van der Waals surface area (Å²) in [5.41, 5.74) is 2.50. The van der Waals surface area contributed by atoms with Gasteiger partial charge in [0.15, 0.2) is 0 Å². The molecule has 0 saturated carbocycles. The van der Waals surface area contributed by atoms with Crippen molar-refractivity contribution in [3.05, 3.63) is 83.0 Å². The van der Waals surface area contributed by atoms with Crippen LogP contribution in [0.5, 0.6) is 5.75 Å². The van der Waals surface area contributed by atoms with Gasteiger partial charge in [0.05, 0.1) is 33.5 Å². The molecule has 0 bridgehead atoms. The first-order chi connectivity index (χ1) is 17.1. The van der Waals surface area contributed by atoms with E-state index in [1.54, 1.807) is 48.6 Å². The number of thiazole rings is 1. The van der Waals surface area contributed by atoms with Crippen LogP contribution < -0.4 is 9.64 Å². The lowest BCUT2D eigenvalue weighted by Gasteiger charge is -2.20. The number of carbonyl (C=O) groups excluding carboxylic acids is 2. The Balaban J connectivity index is 1.46. The van der Waals surface area contributed by atoms with Crippen molar-refractivity contribution >= 4 is 39.4 Å². The summed E-state index contributed by atoms with van der Waals surface area (Å²) in [6.07, 6.45) is 2.35. The predicted octanol–water partition coefficient (Wildman–Crippen LogP) is 4.92. The summed E-state index contributed by atoms with van der Waals surface area (Å²) in [6, 6.07) is 20.0. The first kappa shape index (κ1) is 23.9. The van der Waals surface area contributed by atoms with Crippen LogP contribution >= 0.6 is 11.3 Å². The molecule has 0 atom stereocenters. The van der Waals surface area contributed by atoms with Gasteiger partial charge in [-0.3, -0.25) is 4.79 Å². The lowest BCUT2D eigenvalue weighted by molar-refractivity contribution is -0.141. The first-order valence-electron chi connectivity index (χ1n) is 11.0. The number of anilines is 1. The molecule has 9 heteroatoms. The van der Waals surface area contributed by atoms with E-state index in [0.717, 1.165) is 38.5 Å². The number of fused-ring (bicyclic) bond motifs is 1. The Kier molecular flexibility index (Phi) is 7.65. The summed E-state index contributed by atoms with van der Waals surface area (Å²) in [5.74, 6) is 0.0403. The minimum Gasteiger partial charge on any atom is -0.465 e. The third kappa shape index (κ3) is 6.19. The van der Waals surface area contributed by atoms with Gasteiger partial charge in [0.1, 0.15) is 18.1 Å². The molecule has 0 aliphatic rings. The molecule has 0 N–H and O–H groups in total. The number of rotatable bonds is 8. The topological polar surface area (TPSA) is 105 Å². The summed E-state index contributed by atoms with van der Waals surface area (Å²) in [5, 5.41) is 9.89. The summed E-state index contributed by atoms with van der Waals surface area (Å²) in [4.78, 5) is 34.9. The van der Waals surface area contributed by atoms with Crippen molar-refractivity contribution in [2.45, 2.75) is 19.8 Å². The number of hydrogen-bond donors (Lipinski definition) is 0. The maximum atomic E-state index is 12.9. The van der Waals surface area contributed by atoms with Gasteiger partial charge >= 0.3 is 12.1 Å². The van der Waals surface area contributed by atoms with Crippen molar-refractivity contribution < 1.29 is 19.1 Å². The average molecular weight is 487 g/mol. The SMILES string of the molecule is CCOC(=O)CN(C(=O)Oc1ccc2sc(CCc3ccc(C#N)cc3)nc2c1)c1ccccn1. The van der Waals surface area contributed by atoms with Crippen LogP contribution in [0.3, 0.4) is 0 Å². The maximum Gasteiger partial charge on any atom is 0.421 e. The van der Waals surface area contributed by atoms with Gasteiger partial charge in [-0.1, -0.05) is 18.2 Å². The number of nitriles is 1. The Bertz CT molecular complexity index is 1360.